The Labute approximate surface area is 146 Å². The van der Waals surface area contributed by atoms with Crippen molar-refractivity contribution in [1.82, 2.24) is 9.97 Å². The van der Waals surface area contributed by atoms with Crippen LogP contribution in [-0.2, 0) is 0 Å². The van der Waals surface area contributed by atoms with Gasteiger partial charge >= 0.3 is 0 Å². The molecule has 0 bridgehead atoms. The maximum Gasteiger partial charge on any atom is 0.154 e. The van der Waals surface area contributed by atoms with Gasteiger partial charge in [-0.2, -0.15) is 0 Å². The smallest absolute Gasteiger partial charge is 0.154 e. The van der Waals surface area contributed by atoms with E-state index in [1.165, 1.54) is 0 Å². The molecule has 6 heteroatoms. The summed E-state index contributed by atoms with van der Waals surface area (Å²) in [5.41, 5.74) is 1.64. The fourth-order valence-electron chi connectivity index (χ4n) is 2.79. The molecule has 2 heterocycles. The summed E-state index contributed by atoms with van der Waals surface area (Å²) in [6, 6.07) is 12.4. The number of rotatable bonds is 2. The summed E-state index contributed by atoms with van der Waals surface area (Å²) in [6.45, 7) is 1.59. The summed E-state index contributed by atoms with van der Waals surface area (Å²) in [5.74, 6) is -3.11. The van der Waals surface area contributed by atoms with Crippen LogP contribution in [0.25, 0.3) is 21.8 Å². The number of hydrogen-bond donors (Lipinski definition) is 0. The molecule has 0 aliphatic heterocycles. The molecule has 0 aliphatic rings. The lowest BCUT2D eigenvalue weighted by molar-refractivity contribution is 0.546. The summed E-state index contributed by atoms with van der Waals surface area (Å²) >= 11 is 0. The van der Waals surface area contributed by atoms with E-state index >= 15 is 0 Å². The fraction of sp³-hybridized carbons (Fsp3) is 0.0500. The summed E-state index contributed by atoms with van der Waals surface area (Å²) in [5, 5.41) is 1.83. The van der Waals surface area contributed by atoms with Crippen LogP contribution in [0.15, 0.2) is 59.7 Å². The second-order valence-corrected chi connectivity index (χ2v) is 5.82. The summed E-state index contributed by atoms with van der Waals surface area (Å²) in [4.78, 5) is 12.9. The van der Waals surface area contributed by atoms with Crippen LogP contribution in [0.4, 0.5) is 18.9 Å². The number of aromatic nitrogens is 2. The number of hydrogen-bond acceptors (Lipinski definition) is 3. The number of benzene rings is 2. The molecule has 0 N–H and O–H groups in total. The highest BCUT2D eigenvalue weighted by Gasteiger charge is 2.12. The first kappa shape index (κ1) is 16.2. The highest BCUT2D eigenvalue weighted by Crippen LogP contribution is 2.26. The van der Waals surface area contributed by atoms with Gasteiger partial charge in [0.05, 0.1) is 22.4 Å². The Hall–Kier alpha value is -3.28. The van der Waals surface area contributed by atoms with Gasteiger partial charge < -0.3 is 0 Å². The van der Waals surface area contributed by atoms with Crippen molar-refractivity contribution in [1.29, 1.82) is 0 Å². The zero-order valence-electron chi connectivity index (χ0n) is 13.7. The van der Waals surface area contributed by atoms with E-state index in [1.807, 2.05) is 30.3 Å². The van der Waals surface area contributed by atoms with Crippen molar-refractivity contribution < 1.29 is 13.2 Å². The van der Waals surface area contributed by atoms with Crippen LogP contribution < -0.4 is 0 Å². The van der Waals surface area contributed by atoms with Gasteiger partial charge in [-0.25, -0.2) is 23.1 Å². The molecule has 0 fully saturated rings. The van der Waals surface area contributed by atoms with E-state index in [1.54, 1.807) is 19.2 Å². The number of halogens is 3. The molecule has 3 nitrogen and oxygen atoms in total. The Morgan fingerprint density at radius 3 is 2.27 bits per heavy atom. The van der Waals surface area contributed by atoms with Crippen LogP contribution in [0.2, 0.25) is 0 Å². The minimum Gasteiger partial charge on any atom is -0.254 e. The highest BCUT2D eigenvalue weighted by molar-refractivity contribution is 6.06. The third-order valence-corrected chi connectivity index (χ3v) is 4.06. The highest BCUT2D eigenvalue weighted by atomic mass is 19.1. The third-order valence-electron chi connectivity index (χ3n) is 4.06. The van der Waals surface area contributed by atoms with Crippen LogP contribution in [-0.4, -0.2) is 15.7 Å². The maximum atomic E-state index is 13.8. The zero-order valence-corrected chi connectivity index (χ0v) is 13.7. The average Bonchev–Trinajstić information content (AvgIpc) is 2.64. The first-order chi connectivity index (χ1) is 12.5. The lowest BCUT2D eigenvalue weighted by Crippen LogP contribution is -2.00. The third kappa shape index (κ3) is 2.79. The Morgan fingerprint density at radius 2 is 1.54 bits per heavy atom. The van der Waals surface area contributed by atoms with Gasteiger partial charge in [0.25, 0.3) is 0 Å². The SMILES string of the molecule is CC(=Nc1c(F)cc(F)cc1F)c1ccc2ccc3cccnc3c2n1. The molecule has 2 aromatic heterocycles. The van der Waals surface area contributed by atoms with Gasteiger partial charge in [0.2, 0.25) is 0 Å². The van der Waals surface area contributed by atoms with Gasteiger partial charge in [-0.3, -0.25) is 4.98 Å². The quantitative estimate of drug-likeness (QED) is 0.361. The lowest BCUT2D eigenvalue weighted by Gasteiger charge is -2.06. The van der Waals surface area contributed by atoms with E-state index in [-0.39, 0.29) is 0 Å². The molecule has 0 saturated carbocycles. The normalized spacial score (nSPS) is 12.1. The van der Waals surface area contributed by atoms with Crippen molar-refractivity contribution in [2.45, 2.75) is 6.92 Å². The van der Waals surface area contributed by atoms with Crippen molar-refractivity contribution in [3.8, 4) is 0 Å². The van der Waals surface area contributed by atoms with E-state index < -0.39 is 23.1 Å². The van der Waals surface area contributed by atoms with Gasteiger partial charge in [-0.15, -0.1) is 0 Å². The number of nitrogens with zero attached hydrogens (tertiary/aromatic N) is 3. The van der Waals surface area contributed by atoms with Gasteiger partial charge in [-0.1, -0.05) is 24.3 Å². The molecule has 0 spiro atoms. The maximum absolute atomic E-state index is 13.8. The largest absolute Gasteiger partial charge is 0.254 e. The molecule has 2 aromatic carbocycles. The molecule has 128 valence electrons. The molecule has 26 heavy (non-hydrogen) atoms. The van der Waals surface area contributed by atoms with Gasteiger partial charge in [0.15, 0.2) is 11.6 Å². The monoisotopic (exact) mass is 351 g/mol. The van der Waals surface area contributed by atoms with E-state index in [0.29, 0.717) is 29.1 Å². The van der Waals surface area contributed by atoms with Crippen LogP contribution in [0.3, 0.4) is 0 Å². The van der Waals surface area contributed by atoms with Gasteiger partial charge in [0, 0.05) is 29.1 Å². The van der Waals surface area contributed by atoms with E-state index in [0.717, 1.165) is 16.3 Å². The average molecular weight is 351 g/mol. The molecule has 0 atom stereocenters. The Kier molecular flexibility index (Phi) is 3.88. The van der Waals surface area contributed by atoms with Crippen LogP contribution in [0.1, 0.15) is 12.6 Å². The summed E-state index contributed by atoms with van der Waals surface area (Å²) < 4.78 is 40.7. The molecule has 0 radical (unpaired) electrons. The predicted octanol–water partition coefficient (Wildman–Crippen LogP) is 5.34. The number of fused-ring (bicyclic) bond motifs is 3. The molecule has 0 saturated heterocycles. The van der Waals surface area contributed by atoms with E-state index in [2.05, 4.69) is 15.0 Å². The molecule has 4 aromatic rings. The van der Waals surface area contributed by atoms with Crippen molar-refractivity contribution in [2.75, 3.05) is 0 Å². The fourth-order valence-corrected chi connectivity index (χ4v) is 2.79. The van der Waals surface area contributed by atoms with Crippen LogP contribution >= 0.6 is 0 Å². The molecule has 4 rings (SSSR count). The molecular formula is C20H12F3N3. The Morgan fingerprint density at radius 1 is 0.885 bits per heavy atom. The van der Waals surface area contributed by atoms with Gasteiger partial charge in [0.1, 0.15) is 11.5 Å². The Balaban J connectivity index is 1.87. The minimum atomic E-state index is -1.06. The molecule has 0 aliphatic carbocycles. The second-order valence-electron chi connectivity index (χ2n) is 5.82. The van der Waals surface area contributed by atoms with E-state index in [9.17, 15) is 13.2 Å². The lowest BCUT2D eigenvalue weighted by atomic mass is 10.1. The second kappa shape index (κ2) is 6.22. The molecule has 0 unspecified atom stereocenters. The molecule has 0 amide bonds. The van der Waals surface area contributed by atoms with Crippen molar-refractivity contribution in [3.05, 3.63) is 77.9 Å². The minimum absolute atomic E-state index is 0.309. The Bertz CT molecular complexity index is 1160. The topological polar surface area (TPSA) is 38.1 Å². The predicted molar refractivity (Wildman–Crippen MR) is 95.2 cm³/mol. The van der Waals surface area contributed by atoms with E-state index in [4.69, 9.17) is 0 Å². The summed E-state index contributed by atoms with van der Waals surface area (Å²) in [6.07, 6.45) is 1.68. The first-order valence-corrected chi connectivity index (χ1v) is 7.87. The molecular weight excluding hydrogens is 339 g/mol. The first-order valence-electron chi connectivity index (χ1n) is 7.87. The number of pyridine rings is 2. The standard InChI is InChI=1S/C20H12F3N3/c1-11(25-20-15(22)9-14(21)10-16(20)23)17-7-6-13-5-4-12-3-2-8-24-18(12)19(13)26-17/h2-10H,1H3. The van der Waals surface area contributed by atoms with Crippen LogP contribution in [0.5, 0.6) is 0 Å². The van der Waals surface area contributed by atoms with Crippen LogP contribution in [0, 0.1) is 17.5 Å². The number of aliphatic imine (C=N–C) groups is 1. The van der Waals surface area contributed by atoms with Crippen molar-refractivity contribution in [3.63, 3.8) is 0 Å². The van der Waals surface area contributed by atoms with Crippen molar-refractivity contribution >= 4 is 33.2 Å². The summed E-state index contributed by atoms with van der Waals surface area (Å²) in [7, 11) is 0. The zero-order chi connectivity index (χ0) is 18.3. The van der Waals surface area contributed by atoms with Crippen molar-refractivity contribution in [2.24, 2.45) is 4.99 Å². The van der Waals surface area contributed by atoms with Gasteiger partial charge in [-0.05, 0) is 19.1 Å².